The highest BCUT2D eigenvalue weighted by molar-refractivity contribution is 5.77. The van der Waals surface area contributed by atoms with Crippen LogP contribution in [0, 0.1) is 0 Å². The van der Waals surface area contributed by atoms with Crippen LogP contribution in [-0.2, 0) is 4.79 Å². The van der Waals surface area contributed by atoms with Gasteiger partial charge in [-0.15, -0.1) is 0 Å². The van der Waals surface area contributed by atoms with E-state index in [0.717, 1.165) is 25.4 Å². The zero-order valence-electron chi connectivity index (χ0n) is 11.0. The minimum atomic E-state index is 0.406. The molecule has 0 aromatic carbocycles. The van der Waals surface area contributed by atoms with E-state index in [9.17, 15) is 4.79 Å². The molecule has 1 aliphatic heterocycles. The van der Waals surface area contributed by atoms with E-state index >= 15 is 0 Å². The molecule has 1 heterocycles. The van der Waals surface area contributed by atoms with Gasteiger partial charge in [0, 0.05) is 18.9 Å². The third kappa shape index (κ3) is 4.62. The van der Waals surface area contributed by atoms with Crippen molar-refractivity contribution < 1.29 is 4.79 Å². The van der Waals surface area contributed by atoms with Gasteiger partial charge in [-0.3, -0.25) is 4.79 Å². The number of hydrogen-bond acceptors (Lipinski definition) is 3. The molecule has 3 heteroatoms. The van der Waals surface area contributed by atoms with Gasteiger partial charge in [-0.2, -0.15) is 0 Å². The second-order valence-corrected chi connectivity index (χ2v) is 5.03. The molecule has 1 rings (SSSR count). The molecule has 1 fully saturated rings. The molecule has 0 N–H and O–H groups in total. The Labute approximate surface area is 99.8 Å². The number of hydrogen-bond donors (Lipinski definition) is 0. The third-order valence-corrected chi connectivity index (χ3v) is 3.61. The van der Waals surface area contributed by atoms with Crippen molar-refractivity contribution in [3.8, 4) is 0 Å². The van der Waals surface area contributed by atoms with Crippen LogP contribution in [0.15, 0.2) is 0 Å². The fourth-order valence-corrected chi connectivity index (χ4v) is 2.34. The number of nitrogens with zero attached hydrogens (tertiary/aromatic N) is 2. The van der Waals surface area contributed by atoms with E-state index in [1.807, 2.05) is 6.92 Å². The predicted octanol–water partition coefficient (Wildman–Crippen LogP) is 1.77. The quantitative estimate of drug-likeness (QED) is 0.689. The van der Waals surface area contributed by atoms with E-state index in [0.29, 0.717) is 12.2 Å². The summed E-state index contributed by atoms with van der Waals surface area (Å²) in [6.45, 7) is 5.45. The third-order valence-electron chi connectivity index (χ3n) is 3.61. The highest BCUT2D eigenvalue weighted by Crippen LogP contribution is 2.14. The highest BCUT2D eigenvalue weighted by atomic mass is 16.1. The minimum Gasteiger partial charge on any atom is -0.306 e. The maximum absolute atomic E-state index is 11.2. The van der Waals surface area contributed by atoms with E-state index in [-0.39, 0.29) is 0 Å². The number of rotatable bonds is 6. The van der Waals surface area contributed by atoms with Crippen LogP contribution in [0.2, 0.25) is 0 Å². The monoisotopic (exact) mass is 226 g/mol. The largest absolute Gasteiger partial charge is 0.306 e. The molecule has 0 saturated carbocycles. The Kier molecular flexibility index (Phi) is 5.99. The van der Waals surface area contributed by atoms with Crippen LogP contribution in [0.25, 0.3) is 0 Å². The van der Waals surface area contributed by atoms with E-state index in [4.69, 9.17) is 0 Å². The van der Waals surface area contributed by atoms with Gasteiger partial charge in [0.15, 0.2) is 0 Å². The molecule has 0 radical (unpaired) electrons. The summed E-state index contributed by atoms with van der Waals surface area (Å²) in [7, 11) is 4.33. The average molecular weight is 226 g/mol. The summed E-state index contributed by atoms with van der Waals surface area (Å²) in [5.74, 6) is 0.406. The molecule has 1 saturated heterocycles. The molecule has 1 aliphatic rings. The van der Waals surface area contributed by atoms with Gasteiger partial charge in [0.2, 0.25) is 0 Å². The number of Topliss-reactive ketones (excluding diaryl/α,β-unsaturated/α-hetero) is 1. The minimum absolute atomic E-state index is 0.406. The SMILES string of the molecule is CCC(=O)CCCN1CCC(N(C)C)CC1. The molecule has 0 amide bonds. The Bertz CT molecular complexity index is 208. The lowest BCUT2D eigenvalue weighted by atomic mass is 10.0. The lowest BCUT2D eigenvalue weighted by Crippen LogP contribution is -2.42. The molecule has 0 spiro atoms. The first-order valence-electron chi connectivity index (χ1n) is 6.54. The standard InChI is InChI=1S/C13H26N2O/c1-4-13(16)6-5-9-15-10-7-12(8-11-15)14(2)3/h12H,4-11H2,1-3H3. The van der Waals surface area contributed by atoms with Crippen molar-refractivity contribution in [1.82, 2.24) is 9.80 Å². The molecule has 0 bridgehead atoms. The van der Waals surface area contributed by atoms with Crippen LogP contribution in [-0.4, -0.2) is 55.4 Å². The molecule has 3 nitrogen and oxygen atoms in total. The lowest BCUT2D eigenvalue weighted by Gasteiger charge is -2.35. The van der Waals surface area contributed by atoms with Crippen LogP contribution in [0.1, 0.15) is 39.0 Å². The summed E-state index contributed by atoms with van der Waals surface area (Å²) in [4.78, 5) is 16.0. The van der Waals surface area contributed by atoms with Gasteiger partial charge in [0.25, 0.3) is 0 Å². The van der Waals surface area contributed by atoms with Gasteiger partial charge < -0.3 is 9.80 Å². The number of carbonyl (C=O) groups is 1. The average Bonchev–Trinajstić information content (AvgIpc) is 2.29. The van der Waals surface area contributed by atoms with Crippen LogP contribution >= 0.6 is 0 Å². The van der Waals surface area contributed by atoms with Gasteiger partial charge in [-0.25, -0.2) is 0 Å². The van der Waals surface area contributed by atoms with Gasteiger partial charge in [-0.05, 0) is 53.0 Å². The second-order valence-electron chi connectivity index (χ2n) is 5.03. The molecule has 0 aromatic rings. The summed E-state index contributed by atoms with van der Waals surface area (Å²) in [5, 5.41) is 0. The summed E-state index contributed by atoms with van der Waals surface area (Å²) in [6, 6.07) is 0.758. The molecule has 0 aliphatic carbocycles. The Morgan fingerprint density at radius 2 is 1.94 bits per heavy atom. The van der Waals surface area contributed by atoms with Crippen molar-refractivity contribution in [2.24, 2.45) is 0 Å². The number of likely N-dealkylation sites (tertiary alicyclic amines) is 1. The number of ketones is 1. The van der Waals surface area contributed by atoms with Crippen molar-refractivity contribution in [3.63, 3.8) is 0 Å². The van der Waals surface area contributed by atoms with Crippen LogP contribution in [0.5, 0.6) is 0 Å². The smallest absolute Gasteiger partial charge is 0.132 e. The normalized spacial score (nSPS) is 19.2. The van der Waals surface area contributed by atoms with Crippen molar-refractivity contribution in [2.45, 2.75) is 45.1 Å². The Balaban J connectivity index is 2.10. The fourth-order valence-electron chi connectivity index (χ4n) is 2.34. The molecular weight excluding hydrogens is 200 g/mol. The summed E-state index contributed by atoms with van der Waals surface area (Å²) in [5.41, 5.74) is 0. The molecule has 94 valence electrons. The summed E-state index contributed by atoms with van der Waals surface area (Å²) < 4.78 is 0. The Hall–Kier alpha value is -0.410. The van der Waals surface area contributed by atoms with Gasteiger partial charge in [0.05, 0.1) is 0 Å². The maximum atomic E-state index is 11.2. The van der Waals surface area contributed by atoms with E-state index < -0.39 is 0 Å². The summed E-state index contributed by atoms with van der Waals surface area (Å²) in [6.07, 6.45) is 5.05. The molecule has 16 heavy (non-hydrogen) atoms. The van der Waals surface area contributed by atoms with Gasteiger partial charge in [-0.1, -0.05) is 6.92 Å². The molecule has 0 atom stereocenters. The fraction of sp³-hybridized carbons (Fsp3) is 0.923. The second kappa shape index (κ2) is 7.02. The Morgan fingerprint density at radius 1 is 1.31 bits per heavy atom. The topological polar surface area (TPSA) is 23.6 Å². The van der Waals surface area contributed by atoms with E-state index in [2.05, 4.69) is 23.9 Å². The lowest BCUT2D eigenvalue weighted by molar-refractivity contribution is -0.118. The van der Waals surface area contributed by atoms with Crippen molar-refractivity contribution >= 4 is 5.78 Å². The first-order chi connectivity index (χ1) is 7.63. The van der Waals surface area contributed by atoms with Crippen LogP contribution in [0.3, 0.4) is 0 Å². The van der Waals surface area contributed by atoms with Crippen molar-refractivity contribution in [1.29, 1.82) is 0 Å². The van der Waals surface area contributed by atoms with Gasteiger partial charge >= 0.3 is 0 Å². The first-order valence-corrected chi connectivity index (χ1v) is 6.54. The van der Waals surface area contributed by atoms with E-state index in [1.54, 1.807) is 0 Å². The van der Waals surface area contributed by atoms with Crippen molar-refractivity contribution in [3.05, 3.63) is 0 Å². The summed E-state index contributed by atoms with van der Waals surface area (Å²) >= 11 is 0. The Morgan fingerprint density at radius 3 is 2.44 bits per heavy atom. The number of carbonyl (C=O) groups excluding carboxylic acids is 1. The van der Waals surface area contributed by atoms with Crippen LogP contribution < -0.4 is 0 Å². The predicted molar refractivity (Wildman–Crippen MR) is 67.7 cm³/mol. The molecule has 0 aromatic heterocycles. The van der Waals surface area contributed by atoms with Gasteiger partial charge in [0.1, 0.15) is 5.78 Å². The zero-order valence-corrected chi connectivity index (χ0v) is 11.0. The van der Waals surface area contributed by atoms with Crippen molar-refractivity contribution in [2.75, 3.05) is 33.7 Å². The molecule has 0 unspecified atom stereocenters. The highest BCUT2D eigenvalue weighted by Gasteiger charge is 2.19. The van der Waals surface area contributed by atoms with E-state index in [1.165, 1.54) is 25.9 Å². The maximum Gasteiger partial charge on any atom is 0.132 e. The molecular formula is C13H26N2O. The number of piperidine rings is 1. The van der Waals surface area contributed by atoms with Crippen LogP contribution in [0.4, 0.5) is 0 Å². The first kappa shape index (κ1) is 13.7. The zero-order chi connectivity index (χ0) is 12.0.